The molecule has 0 radical (unpaired) electrons. The molecule has 0 saturated heterocycles. The zero-order chi connectivity index (χ0) is 10.6. The van der Waals surface area contributed by atoms with Gasteiger partial charge in [0.05, 0.1) is 6.61 Å². The fraction of sp³-hybridized carbons (Fsp3) is 0.455. The molecule has 3 heteroatoms. The van der Waals surface area contributed by atoms with Crippen LogP contribution in [0.25, 0.3) is 0 Å². The zero-order valence-electron chi connectivity index (χ0n) is 8.39. The molecule has 0 aromatic heterocycles. The Labute approximate surface area is 92.4 Å². The molecule has 1 rings (SSSR count). The molecule has 0 heterocycles. The summed E-state index contributed by atoms with van der Waals surface area (Å²) >= 11 is 3.27. The van der Waals surface area contributed by atoms with E-state index < -0.39 is 0 Å². The molecular formula is C11H14BrFO. The predicted molar refractivity (Wildman–Crippen MR) is 59.4 cm³/mol. The maximum atomic E-state index is 13.3. The van der Waals surface area contributed by atoms with Gasteiger partial charge >= 0.3 is 0 Å². The van der Waals surface area contributed by atoms with E-state index in [-0.39, 0.29) is 5.82 Å². The van der Waals surface area contributed by atoms with Gasteiger partial charge in [0.2, 0.25) is 0 Å². The van der Waals surface area contributed by atoms with E-state index in [0.717, 1.165) is 5.56 Å². The molecule has 0 fully saturated rings. The Balaban J connectivity index is 2.69. The average Bonchev–Trinajstić information content (AvgIpc) is 2.15. The first-order valence-electron chi connectivity index (χ1n) is 4.60. The van der Waals surface area contributed by atoms with Crippen LogP contribution in [0, 0.1) is 11.7 Å². The number of hydrogen-bond donors (Lipinski definition) is 0. The highest BCUT2D eigenvalue weighted by atomic mass is 79.9. The van der Waals surface area contributed by atoms with E-state index >= 15 is 0 Å². The highest BCUT2D eigenvalue weighted by molar-refractivity contribution is 9.08. The molecule has 0 bridgehead atoms. The average molecular weight is 261 g/mol. The molecule has 0 amide bonds. The Morgan fingerprint density at radius 3 is 2.64 bits per heavy atom. The lowest BCUT2D eigenvalue weighted by Crippen LogP contribution is -2.05. The molecule has 0 unspecified atom stereocenters. The Hall–Kier alpha value is -0.570. The molecule has 0 aliphatic rings. The highest BCUT2D eigenvalue weighted by Crippen LogP contribution is 2.20. The molecule has 0 aliphatic carbocycles. The summed E-state index contributed by atoms with van der Waals surface area (Å²) in [7, 11) is 0. The van der Waals surface area contributed by atoms with Crippen LogP contribution in [-0.2, 0) is 5.33 Å². The van der Waals surface area contributed by atoms with Gasteiger partial charge in [-0.15, -0.1) is 0 Å². The number of halogens is 2. The third-order valence-electron chi connectivity index (χ3n) is 1.72. The first-order chi connectivity index (χ1) is 6.63. The van der Waals surface area contributed by atoms with Gasteiger partial charge in [0.15, 0.2) is 11.6 Å². The Morgan fingerprint density at radius 1 is 1.43 bits per heavy atom. The molecule has 14 heavy (non-hydrogen) atoms. The smallest absolute Gasteiger partial charge is 0.165 e. The van der Waals surface area contributed by atoms with E-state index in [1.54, 1.807) is 6.07 Å². The van der Waals surface area contributed by atoms with Crippen molar-refractivity contribution in [3.05, 3.63) is 29.6 Å². The summed E-state index contributed by atoms with van der Waals surface area (Å²) in [5.74, 6) is 0.455. The van der Waals surface area contributed by atoms with Crippen molar-refractivity contribution in [1.82, 2.24) is 0 Å². The minimum Gasteiger partial charge on any atom is -0.490 e. The predicted octanol–water partition coefficient (Wildman–Crippen LogP) is 3.76. The molecule has 1 nitrogen and oxygen atoms in total. The lowest BCUT2D eigenvalue weighted by atomic mass is 10.2. The second-order valence-electron chi connectivity index (χ2n) is 3.60. The number of rotatable bonds is 4. The number of ether oxygens (including phenoxy) is 1. The number of benzene rings is 1. The van der Waals surface area contributed by atoms with Gasteiger partial charge < -0.3 is 4.74 Å². The molecule has 0 aliphatic heterocycles. The van der Waals surface area contributed by atoms with Crippen molar-refractivity contribution in [2.24, 2.45) is 5.92 Å². The SMILES string of the molecule is CC(C)COc1ccc(CBr)cc1F. The minimum atomic E-state index is -0.289. The Kier molecular flexibility index (Phi) is 4.39. The Morgan fingerprint density at radius 2 is 2.14 bits per heavy atom. The third-order valence-corrected chi connectivity index (χ3v) is 2.37. The van der Waals surface area contributed by atoms with Gasteiger partial charge in [-0.05, 0) is 23.6 Å². The molecule has 1 aromatic carbocycles. The summed E-state index contributed by atoms with van der Waals surface area (Å²) in [4.78, 5) is 0. The quantitative estimate of drug-likeness (QED) is 0.750. The summed E-state index contributed by atoms with van der Waals surface area (Å²) in [6, 6.07) is 5.02. The van der Waals surface area contributed by atoms with Crippen molar-refractivity contribution in [2.45, 2.75) is 19.2 Å². The molecule has 1 aromatic rings. The van der Waals surface area contributed by atoms with Gasteiger partial charge in [0, 0.05) is 5.33 Å². The highest BCUT2D eigenvalue weighted by Gasteiger charge is 2.04. The first kappa shape index (κ1) is 11.5. The second-order valence-corrected chi connectivity index (χ2v) is 4.16. The van der Waals surface area contributed by atoms with E-state index in [1.807, 2.05) is 19.9 Å². The van der Waals surface area contributed by atoms with Gasteiger partial charge in [0.25, 0.3) is 0 Å². The minimum absolute atomic E-state index is 0.289. The van der Waals surface area contributed by atoms with Crippen molar-refractivity contribution in [1.29, 1.82) is 0 Å². The van der Waals surface area contributed by atoms with Gasteiger partial charge in [-0.1, -0.05) is 35.8 Å². The maximum absolute atomic E-state index is 13.3. The molecule has 0 spiro atoms. The fourth-order valence-corrected chi connectivity index (χ4v) is 1.35. The van der Waals surface area contributed by atoms with E-state index in [1.165, 1.54) is 6.07 Å². The second kappa shape index (κ2) is 5.35. The summed E-state index contributed by atoms with van der Waals surface area (Å²) in [6.45, 7) is 4.61. The fourth-order valence-electron chi connectivity index (χ4n) is 1.00. The third kappa shape index (κ3) is 3.29. The van der Waals surface area contributed by atoms with Gasteiger partial charge in [-0.2, -0.15) is 0 Å². The number of alkyl halides is 1. The van der Waals surface area contributed by atoms with Crippen LogP contribution in [0.3, 0.4) is 0 Å². The first-order valence-corrected chi connectivity index (χ1v) is 5.73. The topological polar surface area (TPSA) is 9.23 Å². The van der Waals surface area contributed by atoms with Crippen molar-refractivity contribution < 1.29 is 9.13 Å². The van der Waals surface area contributed by atoms with Crippen LogP contribution in [0.2, 0.25) is 0 Å². The van der Waals surface area contributed by atoms with Crippen LogP contribution < -0.4 is 4.74 Å². The van der Waals surface area contributed by atoms with Gasteiger partial charge in [-0.25, -0.2) is 4.39 Å². The molecule has 0 atom stereocenters. The van der Waals surface area contributed by atoms with E-state index in [0.29, 0.717) is 23.6 Å². The molecular weight excluding hydrogens is 247 g/mol. The lowest BCUT2D eigenvalue weighted by Gasteiger charge is -2.09. The zero-order valence-corrected chi connectivity index (χ0v) is 9.97. The van der Waals surface area contributed by atoms with Crippen LogP contribution in [0.5, 0.6) is 5.75 Å². The van der Waals surface area contributed by atoms with Crippen molar-refractivity contribution in [3.8, 4) is 5.75 Å². The maximum Gasteiger partial charge on any atom is 0.165 e. The summed E-state index contributed by atoms with van der Waals surface area (Å²) in [5.41, 5.74) is 0.916. The van der Waals surface area contributed by atoms with E-state index in [4.69, 9.17) is 4.74 Å². The van der Waals surface area contributed by atoms with E-state index in [2.05, 4.69) is 15.9 Å². The lowest BCUT2D eigenvalue weighted by molar-refractivity contribution is 0.259. The summed E-state index contributed by atoms with van der Waals surface area (Å²) < 4.78 is 18.6. The normalized spacial score (nSPS) is 10.6. The molecule has 0 saturated carbocycles. The van der Waals surface area contributed by atoms with Crippen molar-refractivity contribution >= 4 is 15.9 Å². The van der Waals surface area contributed by atoms with Crippen molar-refractivity contribution in [3.63, 3.8) is 0 Å². The summed E-state index contributed by atoms with van der Waals surface area (Å²) in [5, 5.41) is 0.661. The monoisotopic (exact) mass is 260 g/mol. The molecule has 78 valence electrons. The Bertz CT molecular complexity index is 299. The van der Waals surface area contributed by atoms with Crippen LogP contribution in [-0.4, -0.2) is 6.61 Å². The van der Waals surface area contributed by atoms with E-state index in [9.17, 15) is 4.39 Å². The van der Waals surface area contributed by atoms with Crippen LogP contribution >= 0.6 is 15.9 Å². The van der Waals surface area contributed by atoms with Crippen molar-refractivity contribution in [2.75, 3.05) is 6.61 Å². The number of hydrogen-bond acceptors (Lipinski definition) is 1. The largest absolute Gasteiger partial charge is 0.490 e. The standard InChI is InChI=1S/C11H14BrFO/c1-8(2)7-14-11-4-3-9(6-12)5-10(11)13/h3-5,8H,6-7H2,1-2H3. The van der Waals surface area contributed by atoms with Crippen LogP contribution in [0.15, 0.2) is 18.2 Å². The van der Waals surface area contributed by atoms with Gasteiger partial charge in [0.1, 0.15) is 0 Å². The molecule has 0 N–H and O–H groups in total. The van der Waals surface area contributed by atoms with Crippen LogP contribution in [0.1, 0.15) is 19.4 Å². The van der Waals surface area contributed by atoms with Gasteiger partial charge in [-0.3, -0.25) is 0 Å². The summed E-state index contributed by atoms with van der Waals surface area (Å²) in [6.07, 6.45) is 0. The van der Waals surface area contributed by atoms with Crippen LogP contribution in [0.4, 0.5) is 4.39 Å².